The second-order valence-electron chi connectivity index (χ2n) is 4.35. The lowest BCUT2D eigenvalue weighted by Crippen LogP contribution is -2.08. The fourth-order valence-electron chi connectivity index (χ4n) is 1.87. The van der Waals surface area contributed by atoms with Crippen molar-refractivity contribution in [1.82, 2.24) is 0 Å². The fourth-order valence-corrected chi connectivity index (χ4v) is 2.14. The highest BCUT2D eigenvalue weighted by Gasteiger charge is 2.09. The van der Waals surface area contributed by atoms with E-state index >= 15 is 0 Å². The molecule has 0 radical (unpaired) electrons. The highest BCUT2D eigenvalue weighted by Crippen LogP contribution is 2.29. The zero-order valence-corrected chi connectivity index (χ0v) is 11.1. The molecule has 3 heteroatoms. The lowest BCUT2D eigenvalue weighted by atomic mass is 10.1. The van der Waals surface area contributed by atoms with Gasteiger partial charge in [-0.2, -0.15) is 0 Å². The molecule has 0 fully saturated rings. The van der Waals surface area contributed by atoms with Gasteiger partial charge in [-0.25, -0.2) is 4.39 Å². The summed E-state index contributed by atoms with van der Waals surface area (Å²) in [7, 11) is 0. The highest BCUT2D eigenvalue weighted by atomic mass is 35.5. The van der Waals surface area contributed by atoms with Crippen LogP contribution in [0.25, 0.3) is 0 Å². The first-order chi connectivity index (χ1) is 8.58. The van der Waals surface area contributed by atoms with Crippen LogP contribution in [-0.2, 0) is 0 Å². The van der Waals surface area contributed by atoms with Gasteiger partial charge in [0, 0.05) is 6.04 Å². The molecule has 0 heterocycles. The third kappa shape index (κ3) is 2.82. The van der Waals surface area contributed by atoms with Gasteiger partial charge in [-0.05, 0) is 43.2 Å². The normalized spacial score (nSPS) is 12.2. The molecular weight excluding hydrogens is 249 g/mol. The Balaban J connectivity index is 2.21. The molecule has 0 saturated heterocycles. The fraction of sp³-hybridized carbons (Fsp3) is 0.200. The summed E-state index contributed by atoms with van der Waals surface area (Å²) in [5.41, 5.74) is 3.04. The smallest absolute Gasteiger partial charge is 0.123 e. The Hall–Kier alpha value is -1.54. The van der Waals surface area contributed by atoms with Crippen LogP contribution in [0.1, 0.15) is 24.1 Å². The van der Waals surface area contributed by atoms with E-state index < -0.39 is 0 Å². The summed E-state index contributed by atoms with van der Waals surface area (Å²) >= 11 is 6.16. The lowest BCUT2D eigenvalue weighted by molar-refractivity contribution is 0.626. The molecule has 0 bridgehead atoms. The zero-order valence-electron chi connectivity index (χ0n) is 10.4. The van der Waals surface area contributed by atoms with Crippen molar-refractivity contribution < 1.29 is 4.39 Å². The maximum Gasteiger partial charge on any atom is 0.123 e. The van der Waals surface area contributed by atoms with Crippen LogP contribution in [0, 0.1) is 12.7 Å². The van der Waals surface area contributed by atoms with Crippen LogP contribution < -0.4 is 5.32 Å². The predicted molar refractivity (Wildman–Crippen MR) is 74.6 cm³/mol. The topological polar surface area (TPSA) is 12.0 Å². The summed E-state index contributed by atoms with van der Waals surface area (Å²) in [6.07, 6.45) is 0. The van der Waals surface area contributed by atoms with E-state index in [9.17, 15) is 4.39 Å². The van der Waals surface area contributed by atoms with Gasteiger partial charge < -0.3 is 5.32 Å². The summed E-state index contributed by atoms with van der Waals surface area (Å²) in [6.45, 7) is 4.03. The standard InChI is InChI=1S/C15H15ClFN/c1-10-4-3-5-14(16)15(10)18-11(2)12-6-8-13(17)9-7-12/h3-9,11,18H,1-2H3. The van der Waals surface area contributed by atoms with Crippen LogP contribution in [-0.4, -0.2) is 0 Å². The molecule has 2 rings (SSSR count). The largest absolute Gasteiger partial charge is 0.377 e. The molecule has 0 aliphatic carbocycles. The van der Waals surface area contributed by atoms with E-state index in [1.54, 1.807) is 12.1 Å². The number of anilines is 1. The Morgan fingerprint density at radius 1 is 1.11 bits per heavy atom. The van der Waals surface area contributed by atoms with Crippen molar-refractivity contribution >= 4 is 17.3 Å². The van der Waals surface area contributed by atoms with Gasteiger partial charge in [0.05, 0.1) is 10.7 Å². The first-order valence-corrected chi connectivity index (χ1v) is 6.23. The number of halogens is 2. The van der Waals surface area contributed by atoms with Crippen molar-refractivity contribution in [2.45, 2.75) is 19.9 Å². The molecule has 0 aromatic heterocycles. The minimum atomic E-state index is -0.222. The summed E-state index contributed by atoms with van der Waals surface area (Å²) in [4.78, 5) is 0. The van der Waals surface area contributed by atoms with E-state index in [4.69, 9.17) is 11.6 Å². The van der Waals surface area contributed by atoms with Crippen molar-refractivity contribution in [3.63, 3.8) is 0 Å². The van der Waals surface area contributed by atoms with Crippen LogP contribution in [0.4, 0.5) is 10.1 Å². The van der Waals surface area contributed by atoms with E-state index in [1.807, 2.05) is 32.0 Å². The molecule has 94 valence electrons. The van der Waals surface area contributed by atoms with E-state index in [1.165, 1.54) is 12.1 Å². The third-order valence-electron chi connectivity index (χ3n) is 2.95. The molecule has 1 atom stereocenters. The van der Waals surface area contributed by atoms with Gasteiger partial charge in [-0.3, -0.25) is 0 Å². The molecule has 0 amide bonds. The van der Waals surface area contributed by atoms with Crippen molar-refractivity contribution in [3.8, 4) is 0 Å². The van der Waals surface area contributed by atoms with Gasteiger partial charge in [-0.15, -0.1) is 0 Å². The Bertz CT molecular complexity index is 516. The number of rotatable bonds is 3. The third-order valence-corrected chi connectivity index (χ3v) is 3.27. The maximum atomic E-state index is 12.9. The van der Waals surface area contributed by atoms with Crippen molar-refractivity contribution in [2.24, 2.45) is 0 Å². The molecule has 0 aliphatic heterocycles. The monoisotopic (exact) mass is 263 g/mol. The van der Waals surface area contributed by atoms with Crippen LogP contribution in [0.15, 0.2) is 42.5 Å². The SMILES string of the molecule is Cc1cccc(Cl)c1NC(C)c1ccc(F)cc1. The summed E-state index contributed by atoms with van der Waals surface area (Å²) in [5.74, 6) is -0.222. The van der Waals surface area contributed by atoms with Gasteiger partial charge in [0.2, 0.25) is 0 Å². The van der Waals surface area contributed by atoms with E-state index in [-0.39, 0.29) is 11.9 Å². The van der Waals surface area contributed by atoms with Crippen LogP contribution in [0.5, 0.6) is 0 Å². The van der Waals surface area contributed by atoms with Crippen molar-refractivity contribution in [1.29, 1.82) is 0 Å². The predicted octanol–water partition coefficient (Wildman–Crippen LogP) is 4.96. The first kappa shape index (κ1) is 12.9. The van der Waals surface area contributed by atoms with Crippen LogP contribution in [0.2, 0.25) is 5.02 Å². The number of nitrogens with one attached hydrogen (secondary N) is 1. The Morgan fingerprint density at radius 3 is 2.39 bits per heavy atom. The molecule has 18 heavy (non-hydrogen) atoms. The van der Waals surface area contributed by atoms with Crippen LogP contribution >= 0.6 is 11.6 Å². The Labute approximate surface area is 112 Å². The lowest BCUT2D eigenvalue weighted by Gasteiger charge is -2.18. The highest BCUT2D eigenvalue weighted by molar-refractivity contribution is 6.33. The number of hydrogen-bond acceptors (Lipinski definition) is 1. The molecule has 1 N–H and O–H groups in total. The zero-order chi connectivity index (χ0) is 13.1. The second kappa shape index (κ2) is 5.40. The summed E-state index contributed by atoms with van der Waals surface area (Å²) in [6, 6.07) is 12.3. The average Bonchev–Trinajstić information content (AvgIpc) is 2.34. The van der Waals surface area contributed by atoms with E-state index in [0.717, 1.165) is 16.8 Å². The first-order valence-electron chi connectivity index (χ1n) is 5.85. The molecule has 0 saturated carbocycles. The molecule has 0 aliphatic rings. The van der Waals surface area contributed by atoms with Gasteiger partial charge >= 0.3 is 0 Å². The average molecular weight is 264 g/mol. The molecule has 1 nitrogen and oxygen atoms in total. The molecule has 2 aromatic carbocycles. The van der Waals surface area contributed by atoms with E-state index in [0.29, 0.717) is 5.02 Å². The number of para-hydroxylation sites is 1. The van der Waals surface area contributed by atoms with Crippen molar-refractivity contribution in [3.05, 3.63) is 64.4 Å². The molecule has 1 unspecified atom stereocenters. The minimum Gasteiger partial charge on any atom is -0.377 e. The number of aryl methyl sites for hydroxylation is 1. The molecule has 0 spiro atoms. The van der Waals surface area contributed by atoms with Gasteiger partial charge in [0.1, 0.15) is 5.82 Å². The maximum absolute atomic E-state index is 12.9. The summed E-state index contributed by atoms with van der Waals surface area (Å²) in [5, 5.41) is 4.06. The Morgan fingerprint density at radius 2 is 1.78 bits per heavy atom. The van der Waals surface area contributed by atoms with Gasteiger partial charge in [0.15, 0.2) is 0 Å². The number of benzene rings is 2. The van der Waals surface area contributed by atoms with E-state index in [2.05, 4.69) is 5.32 Å². The Kier molecular flexibility index (Phi) is 3.87. The summed E-state index contributed by atoms with van der Waals surface area (Å²) < 4.78 is 12.9. The molecular formula is C15H15ClFN. The quantitative estimate of drug-likeness (QED) is 0.825. The van der Waals surface area contributed by atoms with Crippen molar-refractivity contribution in [2.75, 3.05) is 5.32 Å². The van der Waals surface area contributed by atoms with Gasteiger partial charge in [-0.1, -0.05) is 35.9 Å². The minimum absolute atomic E-state index is 0.0733. The second-order valence-corrected chi connectivity index (χ2v) is 4.76. The van der Waals surface area contributed by atoms with Crippen LogP contribution in [0.3, 0.4) is 0 Å². The molecule has 2 aromatic rings. The van der Waals surface area contributed by atoms with Gasteiger partial charge in [0.25, 0.3) is 0 Å². The number of hydrogen-bond donors (Lipinski definition) is 1.